The van der Waals surface area contributed by atoms with Gasteiger partial charge in [0.05, 0.1) is 16.7 Å². The van der Waals surface area contributed by atoms with Crippen LogP contribution in [-0.4, -0.2) is 29.7 Å². The fourth-order valence-electron chi connectivity index (χ4n) is 5.55. The van der Waals surface area contributed by atoms with Gasteiger partial charge in [0, 0.05) is 29.1 Å². The summed E-state index contributed by atoms with van der Waals surface area (Å²) in [6.07, 6.45) is 4.93. The average Bonchev–Trinajstić information content (AvgIpc) is 3.32. The number of rotatable bonds is 7. The molecule has 1 amide bonds. The highest BCUT2D eigenvalue weighted by atomic mass is 32.1. The average molecular weight is 548 g/mol. The van der Waals surface area contributed by atoms with Crippen molar-refractivity contribution in [1.29, 1.82) is 0 Å². The van der Waals surface area contributed by atoms with Gasteiger partial charge >= 0.3 is 0 Å². The predicted octanol–water partition coefficient (Wildman–Crippen LogP) is 8.34. The van der Waals surface area contributed by atoms with E-state index in [1.54, 1.807) is 27.0 Å². The first-order valence-electron chi connectivity index (χ1n) is 13.2. The Morgan fingerprint density at radius 1 is 0.974 bits per heavy atom. The number of carbonyl (C=O) groups excluding carboxylic acids is 2. The van der Waals surface area contributed by atoms with Crippen LogP contribution in [0.5, 0.6) is 5.75 Å². The van der Waals surface area contributed by atoms with E-state index in [0.717, 1.165) is 72.3 Å². The van der Waals surface area contributed by atoms with Crippen LogP contribution in [0.2, 0.25) is 0 Å². The Morgan fingerprint density at radius 2 is 1.69 bits per heavy atom. The zero-order valence-electron chi connectivity index (χ0n) is 22.4. The fourth-order valence-corrected chi connectivity index (χ4v) is 6.73. The topological polar surface area (TPSA) is 46.6 Å². The van der Waals surface area contributed by atoms with Crippen molar-refractivity contribution in [2.24, 2.45) is 0 Å². The van der Waals surface area contributed by atoms with Crippen molar-refractivity contribution in [1.82, 2.24) is 4.90 Å². The van der Waals surface area contributed by atoms with Crippen LogP contribution in [0.3, 0.4) is 0 Å². The van der Waals surface area contributed by atoms with Gasteiger partial charge < -0.3 is 9.64 Å². The zero-order chi connectivity index (χ0) is 27.7. The van der Waals surface area contributed by atoms with Gasteiger partial charge in [-0.15, -0.1) is 11.3 Å². The lowest BCUT2D eigenvalue weighted by atomic mass is 9.93. The van der Waals surface area contributed by atoms with Gasteiger partial charge in [0.2, 0.25) is 0 Å². The molecule has 0 unspecified atom stereocenters. The first kappa shape index (κ1) is 27.0. The number of nitrogens with zero attached hydrogens (tertiary/aromatic N) is 1. The monoisotopic (exact) mass is 547 g/mol. The van der Waals surface area contributed by atoms with E-state index < -0.39 is 11.6 Å². The maximum Gasteiger partial charge on any atom is 0.264 e. The van der Waals surface area contributed by atoms with Gasteiger partial charge in [-0.05, 0) is 73.7 Å². The van der Waals surface area contributed by atoms with Gasteiger partial charge in [0.25, 0.3) is 5.91 Å². The number of amides is 1. The molecule has 4 aromatic rings. The zero-order valence-corrected chi connectivity index (χ0v) is 23.2. The number of Topliss-reactive ketones (excluding diaryl/α,β-unsaturated/α-hetero) is 1. The lowest BCUT2D eigenvalue weighted by Gasteiger charge is -2.35. The molecule has 1 saturated carbocycles. The number of benzene rings is 3. The van der Waals surface area contributed by atoms with Crippen molar-refractivity contribution in [3.8, 4) is 16.9 Å². The molecule has 5 rings (SSSR count). The van der Waals surface area contributed by atoms with E-state index in [1.165, 1.54) is 0 Å². The molecule has 1 aromatic heterocycles. The third-order valence-electron chi connectivity index (χ3n) is 7.67. The van der Waals surface area contributed by atoms with Crippen LogP contribution in [0.15, 0.2) is 54.6 Å². The molecule has 3 aromatic carbocycles. The second-order valence-electron chi connectivity index (χ2n) is 10.2. The van der Waals surface area contributed by atoms with Crippen LogP contribution < -0.4 is 4.74 Å². The summed E-state index contributed by atoms with van der Waals surface area (Å²) < 4.78 is 35.1. The number of halogens is 2. The number of aryl methyl sites for hydroxylation is 1. The van der Waals surface area contributed by atoms with Crippen molar-refractivity contribution < 1.29 is 23.1 Å². The number of hydrogen-bond donors (Lipinski definition) is 0. The SMILES string of the molecule is COc1ccc(-c2cccc(C(C)=O)c2)cc1CN(C(=O)c1sc2c(F)ccc(F)c2c1C)C1CCCCC1. The largest absolute Gasteiger partial charge is 0.496 e. The van der Waals surface area contributed by atoms with E-state index in [0.29, 0.717) is 28.3 Å². The van der Waals surface area contributed by atoms with Crippen molar-refractivity contribution in [2.75, 3.05) is 7.11 Å². The quantitative estimate of drug-likeness (QED) is 0.219. The summed E-state index contributed by atoms with van der Waals surface area (Å²) in [7, 11) is 1.60. The molecular weight excluding hydrogens is 516 g/mol. The maximum absolute atomic E-state index is 14.7. The molecule has 0 aliphatic heterocycles. The summed E-state index contributed by atoms with van der Waals surface area (Å²) in [6, 6.07) is 15.5. The molecule has 0 N–H and O–H groups in total. The normalized spacial score (nSPS) is 14.0. The van der Waals surface area contributed by atoms with E-state index in [-0.39, 0.29) is 27.8 Å². The van der Waals surface area contributed by atoms with E-state index in [2.05, 4.69) is 0 Å². The Bertz CT molecular complexity index is 1550. The van der Waals surface area contributed by atoms with E-state index in [9.17, 15) is 18.4 Å². The number of methoxy groups -OCH3 is 1. The standard InChI is InChI=1S/C32H31F2NO3S/c1-19-29-26(33)13-14-27(34)31(29)39-30(19)32(37)35(25-10-5-4-6-11-25)18-24-17-23(12-15-28(24)38-3)22-9-7-8-21(16-22)20(2)36/h7-9,12-17,25H,4-6,10-11,18H2,1-3H3. The number of carbonyl (C=O) groups is 2. The van der Waals surface area contributed by atoms with Crippen LogP contribution in [0.25, 0.3) is 21.2 Å². The predicted molar refractivity (Wildman–Crippen MR) is 152 cm³/mol. The van der Waals surface area contributed by atoms with Crippen molar-refractivity contribution in [3.05, 3.63) is 87.8 Å². The van der Waals surface area contributed by atoms with E-state index >= 15 is 0 Å². The number of ether oxygens (including phenoxy) is 1. The Kier molecular flexibility index (Phi) is 7.80. The Balaban J connectivity index is 1.57. The molecule has 1 aliphatic rings. The molecule has 1 fully saturated rings. The molecule has 0 spiro atoms. The van der Waals surface area contributed by atoms with Crippen LogP contribution in [0.1, 0.15) is 70.2 Å². The molecule has 39 heavy (non-hydrogen) atoms. The number of fused-ring (bicyclic) bond motifs is 1. The molecule has 7 heteroatoms. The summed E-state index contributed by atoms with van der Waals surface area (Å²) in [5.41, 5.74) is 3.74. The lowest BCUT2D eigenvalue weighted by Crippen LogP contribution is -2.41. The molecule has 1 aliphatic carbocycles. The number of ketones is 1. The molecular formula is C32H31F2NO3S. The summed E-state index contributed by atoms with van der Waals surface area (Å²) in [5.74, 6) is -0.618. The molecule has 0 saturated heterocycles. The smallest absolute Gasteiger partial charge is 0.264 e. The van der Waals surface area contributed by atoms with Gasteiger partial charge in [-0.1, -0.05) is 43.5 Å². The van der Waals surface area contributed by atoms with Gasteiger partial charge in [0.15, 0.2) is 5.78 Å². The lowest BCUT2D eigenvalue weighted by molar-refractivity contribution is 0.0617. The van der Waals surface area contributed by atoms with Crippen LogP contribution in [0.4, 0.5) is 8.78 Å². The first-order chi connectivity index (χ1) is 18.8. The third kappa shape index (κ3) is 5.33. The minimum Gasteiger partial charge on any atom is -0.496 e. The van der Waals surface area contributed by atoms with Crippen LogP contribution >= 0.6 is 11.3 Å². The van der Waals surface area contributed by atoms with Gasteiger partial charge in [-0.2, -0.15) is 0 Å². The summed E-state index contributed by atoms with van der Waals surface area (Å²) >= 11 is 1.02. The minimum atomic E-state index is -0.523. The molecule has 0 bridgehead atoms. The Hall–Kier alpha value is -3.58. The number of thiophene rings is 1. The molecule has 0 atom stereocenters. The fraction of sp³-hybridized carbons (Fsp3) is 0.312. The maximum atomic E-state index is 14.7. The Morgan fingerprint density at radius 3 is 2.38 bits per heavy atom. The minimum absolute atomic E-state index is 0.00812. The molecule has 4 nitrogen and oxygen atoms in total. The Labute approximate surface area is 231 Å². The van der Waals surface area contributed by atoms with Gasteiger partial charge in [-0.25, -0.2) is 8.78 Å². The summed E-state index contributed by atoms with van der Waals surface area (Å²) in [5, 5.41) is 0.178. The highest BCUT2D eigenvalue weighted by Gasteiger charge is 2.31. The summed E-state index contributed by atoms with van der Waals surface area (Å²) in [6.45, 7) is 3.53. The second kappa shape index (κ2) is 11.3. The third-order valence-corrected chi connectivity index (χ3v) is 8.96. The molecule has 0 radical (unpaired) electrons. The summed E-state index contributed by atoms with van der Waals surface area (Å²) in [4.78, 5) is 28.3. The van der Waals surface area contributed by atoms with Crippen molar-refractivity contribution >= 4 is 33.1 Å². The first-order valence-corrected chi connectivity index (χ1v) is 14.1. The highest BCUT2D eigenvalue weighted by Crippen LogP contribution is 2.37. The van der Waals surface area contributed by atoms with Crippen molar-refractivity contribution in [2.45, 2.75) is 58.5 Å². The van der Waals surface area contributed by atoms with Crippen LogP contribution in [0, 0.1) is 18.6 Å². The highest BCUT2D eigenvalue weighted by molar-refractivity contribution is 7.21. The molecule has 202 valence electrons. The van der Waals surface area contributed by atoms with Gasteiger partial charge in [-0.3, -0.25) is 9.59 Å². The van der Waals surface area contributed by atoms with E-state index in [1.807, 2.05) is 41.3 Å². The second-order valence-corrected chi connectivity index (χ2v) is 11.2. The number of hydrogen-bond acceptors (Lipinski definition) is 4. The molecule has 1 heterocycles. The van der Waals surface area contributed by atoms with Crippen LogP contribution in [-0.2, 0) is 6.54 Å². The van der Waals surface area contributed by atoms with Gasteiger partial charge in [0.1, 0.15) is 17.4 Å². The van der Waals surface area contributed by atoms with E-state index in [4.69, 9.17) is 4.74 Å². The van der Waals surface area contributed by atoms with Crippen molar-refractivity contribution in [3.63, 3.8) is 0 Å².